The van der Waals surface area contributed by atoms with Crippen LogP contribution in [0.4, 0.5) is 18.9 Å². The average Bonchev–Trinajstić information content (AvgIpc) is 2.99. The van der Waals surface area contributed by atoms with Crippen LogP contribution in [0, 0.1) is 11.3 Å². The van der Waals surface area contributed by atoms with Gasteiger partial charge in [-0.1, -0.05) is 0 Å². The molecular weight excluding hydrogens is 221 g/mol. The molecule has 1 fully saturated rings. The van der Waals surface area contributed by atoms with E-state index in [4.69, 9.17) is 15.7 Å². The van der Waals surface area contributed by atoms with E-state index < -0.39 is 17.4 Å². The molecule has 84 valence electrons. The molecule has 0 saturated carbocycles. The molecule has 0 bridgehead atoms. The van der Waals surface area contributed by atoms with Crippen molar-refractivity contribution in [3.05, 3.63) is 28.8 Å². The highest BCUT2D eigenvalue weighted by Gasteiger charge is 2.36. The molecule has 16 heavy (non-hydrogen) atoms. The van der Waals surface area contributed by atoms with Crippen LogP contribution in [0.2, 0.25) is 0 Å². The van der Waals surface area contributed by atoms with Crippen LogP contribution in [0.25, 0.3) is 0 Å². The van der Waals surface area contributed by atoms with Crippen LogP contribution in [0.5, 0.6) is 0 Å². The van der Waals surface area contributed by atoms with Gasteiger partial charge in [-0.05, 0) is 17.7 Å². The van der Waals surface area contributed by atoms with Crippen LogP contribution in [-0.2, 0) is 10.9 Å². The molecule has 6 heteroatoms. The summed E-state index contributed by atoms with van der Waals surface area (Å²) in [5.74, 6) is 0. The second kappa shape index (κ2) is 3.39. The Morgan fingerprint density at radius 2 is 2.06 bits per heavy atom. The number of epoxide rings is 1. The van der Waals surface area contributed by atoms with E-state index in [2.05, 4.69) is 0 Å². The zero-order valence-electron chi connectivity index (χ0n) is 8.01. The third-order valence-corrected chi connectivity index (χ3v) is 2.33. The maximum Gasteiger partial charge on any atom is 0.418 e. The van der Waals surface area contributed by atoms with E-state index in [0.29, 0.717) is 12.2 Å². The van der Waals surface area contributed by atoms with Crippen molar-refractivity contribution in [1.29, 1.82) is 5.26 Å². The van der Waals surface area contributed by atoms with Gasteiger partial charge in [0.25, 0.3) is 0 Å². The summed E-state index contributed by atoms with van der Waals surface area (Å²) in [6.45, 7) is 0.381. The molecular formula is C10H7F3N2O. The van der Waals surface area contributed by atoms with E-state index in [1.165, 1.54) is 6.07 Å². The number of halogens is 3. The minimum Gasteiger partial charge on any atom is -0.397 e. The molecule has 1 unspecified atom stereocenters. The van der Waals surface area contributed by atoms with Gasteiger partial charge in [0.15, 0.2) is 0 Å². The van der Waals surface area contributed by atoms with Gasteiger partial charge in [0.1, 0.15) is 12.2 Å². The first-order chi connectivity index (χ1) is 7.43. The normalized spacial score (nSPS) is 19.2. The quantitative estimate of drug-likeness (QED) is 0.592. The number of ether oxygens (including phenoxy) is 1. The first-order valence-electron chi connectivity index (χ1n) is 4.46. The maximum absolute atomic E-state index is 12.6. The van der Waals surface area contributed by atoms with Gasteiger partial charge >= 0.3 is 6.18 Å². The Balaban J connectivity index is 2.59. The SMILES string of the molecule is N#Cc1cc(C2CO2)cc(C(F)(F)F)c1N. The number of hydrogen-bond acceptors (Lipinski definition) is 3. The number of nitrogens with two attached hydrogens (primary N) is 1. The number of anilines is 1. The van der Waals surface area contributed by atoms with Gasteiger partial charge in [0.2, 0.25) is 0 Å². The Labute approximate surface area is 89.2 Å². The van der Waals surface area contributed by atoms with Gasteiger partial charge in [-0.3, -0.25) is 0 Å². The largest absolute Gasteiger partial charge is 0.418 e. The number of alkyl halides is 3. The van der Waals surface area contributed by atoms with Gasteiger partial charge in [0.05, 0.1) is 23.4 Å². The van der Waals surface area contributed by atoms with Crippen LogP contribution in [0.1, 0.15) is 22.8 Å². The van der Waals surface area contributed by atoms with E-state index in [1.807, 2.05) is 0 Å². The highest BCUT2D eigenvalue weighted by atomic mass is 19.4. The second-order valence-electron chi connectivity index (χ2n) is 3.46. The fourth-order valence-electron chi connectivity index (χ4n) is 1.43. The Bertz CT molecular complexity index is 472. The number of hydrogen-bond donors (Lipinski definition) is 1. The molecule has 0 amide bonds. The molecule has 1 aromatic carbocycles. The smallest absolute Gasteiger partial charge is 0.397 e. The van der Waals surface area contributed by atoms with Crippen LogP contribution in [0.15, 0.2) is 12.1 Å². The van der Waals surface area contributed by atoms with Crippen molar-refractivity contribution in [3.63, 3.8) is 0 Å². The molecule has 0 aliphatic carbocycles. The molecule has 1 aliphatic heterocycles. The van der Waals surface area contributed by atoms with Crippen LogP contribution in [0.3, 0.4) is 0 Å². The fourth-order valence-corrected chi connectivity index (χ4v) is 1.43. The number of benzene rings is 1. The summed E-state index contributed by atoms with van der Waals surface area (Å²) < 4.78 is 42.7. The molecule has 0 spiro atoms. The second-order valence-corrected chi connectivity index (χ2v) is 3.46. The topological polar surface area (TPSA) is 62.3 Å². The third kappa shape index (κ3) is 1.82. The van der Waals surface area contributed by atoms with Gasteiger partial charge < -0.3 is 10.5 Å². The molecule has 2 N–H and O–H groups in total. The lowest BCUT2D eigenvalue weighted by Crippen LogP contribution is -2.11. The van der Waals surface area contributed by atoms with E-state index in [-0.39, 0.29) is 11.7 Å². The van der Waals surface area contributed by atoms with Crippen molar-refractivity contribution < 1.29 is 17.9 Å². The molecule has 1 aromatic rings. The molecule has 2 rings (SSSR count). The zero-order valence-corrected chi connectivity index (χ0v) is 8.01. The summed E-state index contributed by atoms with van der Waals surface area (Å²) in [6.07, 6.45) is -4.89. The van der Waals surface area contributed by atoms with Crippen molar-refractivity contribution >= 4 is 5.69 Å². The number of rotatable bonds is 1. The van der Waals surface area contributed by atoms with Crippen molar-refractivity contribution in [1.82, 2.24) is 0 Å². The Kier molecular flexibility index (Phi) is 2.28. The molecule has 1 heterocycles. The maximum atomic E-state index is 12.6. The summed E-state index contributed by atoms with van der Waals surface area (Å²) in [5.41, 5.74) is 3.96. The van der Waals surface area contributed by atoms with Crippen molar-refractivity contribution in [2.24, 2.45) is 0 Å². The average molecular weight is 228 g/mol. The molecule has 1 atom stereocenters. The molecule has 1 saturated heterocycles. The summed E-state index contributed by atoms with van der Waals surface area (Å²) >= 11 is 0. The Morgan fingerprint density at radius 1 is 1.44 bits per heavy atom. The van der Waals surface area contributed by atoms with E-state index >= 15 is 0 Å². The summed E-state index contributed by atoms with van der Waals surface area (Å²) in [5, 5.41) is 8.70. The van der Waals surface area contributed by atoms with Gasteiger partial charge in [-0.25, -0.2) is 0 Å². The van der Waals surface area contributed by atoms with E-state index in [1.54, 1.807) is 6.07 Å². The standard InChI is InChI=1S/C10H7F3N2O/c11-10(12,13)7-2-5(8-4-16-8)1-6(3-14)9(7)15/h1-2,8H,4,15H2. The van der Waals surface area contributed by atoms with E-state index in [0.717, 1.165) is 6.07 Å². The van der Waals surface area contributed by atoms with Crippen molar-refractivity contribution in [3.8, 4) is 6.07 Å². The predicted octanol–water partition coefficient (Wildman–Crippen LogP) is 2.23. The fraction of sp³-hybridized carbons (Fsp3) is 0.300. The summed E-state index contributed by atoms with van der Waals surface area (Å²) in [7, 11) is 0. The lowest BCUT2D eigenvalue weighted by atomic mass is 10.0. The first-order valence-corrected chi connectivity index (χ1v) is 4.46. The third-order valence-electron chi connectivity index (χ3n) is 2.33. The van der Waals surface area contributed by atoms with Crippen LogP contribution in [-0.4, -0.2) is 6.61 Å². The lowest BCUT2D eigenvalue weighted by Gasteiger charge is -2.12. The highest BCUT2D eigenvalue weighted by Crippen LogP contribution is 2.39. The van der Waals surface area contributed by atoms with Gasteiger partial charge in [-0.15, -0.1) is 0 Å². The summed E-state index contributed by atoms with van der Waals surface area (Å²) in [4.78, 5) is 0. The minimum absolute atomic E-state index is 0.166. The zero-order chi connectivity index (χ0) is 11.9. The molecule has 1 aliphatic rings. The molecule has 3 nitrogen and oxygen atoms in total. The van der Waals surface area contributed by atoms with Crippen LogP contribution >= 0.6 is 0 Å². The van der Waals surface area contributed by atoms with Crippen molar-refractivity contribution in [2.75, 3.05) is 12.3 Å². The number of nitrogens with zero attached hydrogens (tertiary/aromatic N) is 1. The first kappa shape index (κ1) is 10.8. The minimum atomic E-state index is -4.55. The van der Waals surface area contributed by atoms with E-state index in [9.17, 15) is 13.2 Å². The predicted molar refractivity (Wildman–Crippen MR) is 49.3 cm³/mol. The van der Waals surface area contributed by atoms with Crippen molar-refractivity contribution in [2.45, 2.75) is 12.3 Å². The number of nitriles is 1. The number of nitrogen functional groups attached to an aromatic ring is 1. The van der Waals surface area contributed by atoms with Gasteiger partial charge in [0, 0.05) is 0 Å². The highest BCUT2D eigenvalue weighted by molar-refractivity contribution is 5.62. The van der Waals surface area contributed by atoms with Crippen LogP contribution < -0.4 is 5.73 Å². The lowest BCUT2D eigenvalue weighted by molar-refractivity contribution is -0.137. The van der Waals surface area contributed by atoms with Gasteiger partial charge in [-0.2, -0.15) is 18.4 Å². The molecule has 0 radical (unpaired) electrons. The Hall–Kier alpha value is -1.74. The summed E-state index contributed by atoms with van der Waals surface area (Å²) in [6, 6.07) is 3.92. The Morgan fingerprint density at radius 3 is 2.50 bits per heavy atom. The monoisotopic (exact) mass is 228 g/mol. The molecule has 0 aromatic heterocycles.